The minimum atomic E-state index is -0.688. The normalized spacial score (nSPS) is 9.93. The molecular formula is C9H8BrFO3. The fourth-order valence-corrected chi connectivity index (χ4v) is 1.29. The van der Waals surface area contributed by atoms with Gasteiger partial charge >= 0.3 is 0 Å². The molecule has 0 aliphatic heterocycles. The van der Waals surface area contributed by atoms with Crippen LogP contribution in [0.3, 0.4) is 0 Å². The monoisotopic (exact) mass is 262 g/mol. The van der Waals surface area contributed by atoms with Gasteiger partial charge in [0, 0.05) is 11.6 Å². The van der Waals surface area contributed by atoms with Gasteiger partial charge in [-0.2, -0.15) is 0 Å². The number of hydrogen-bond acceptors (Lipinski definition) is 3. The van der Waals surface area contributed by atoms with Crippen LogP contribution in [0.25, 0.3) is 0 Å². The third-order valence-electron chi connectivity index (χ3n) is 1.54. The van der Waals surface area contributed by atoms with Gasteiger partial charge in [0.05, 0.1) is 5.56 Å². The second-order valence-electron chi connectivity index (χ2n) is 2.44. The maximum absolute atomic E-state index is 13.4. The molecule has 0 aromatic heterocycles. The highest BCUT2D eigenvalue weighted by molar-refractivity contribution is 9.10. The molecule has 1 aromatic rings. The van der Waals surface area contributed by atoms with Crippen molar-refractivity contribution < 1.29 is 18.7 Å². The molecule has 0 aliphatic rings. The number of rotatable bonds is 4. The summed E-state index contributed by atoms with van der Waals surface area (Å²) < 4.78 is 23.3. The summed E-state index contributed by atoms with van der Waals surface area (Å²) >= 11 is 3.05. The molecule has 0 amide bonds. The molecule has 1 aromatic carbocycles. The van der Waals surface area contributed by atoms with Crippen molar-refractivity contribution in [3.05, 3.63) is 28.0 Å². The Morgan fingerprint density at radius 2 is 2.29 bits per heavy atom. The van der Waals surface area contributed by atoms with Crippen LogP contribution >= 0.6 is 15.9 Å². The Hall–Kier alpha value is -0.940. The first-order valence-corrected chi connectivity index (χ1v) is 4.55. The number of ether oxygens (including phenoxy) is 2. The van der Waals surface area contributed by atoms with Crippen molar-refractivity contribution in [2.24, 2.45) is 0 Å². The number of methoxy groups -OCH3 is 1. The summed E-state index contributed by atoms with van der Waals surface area (Å²) in [6.07, 6.45) is 0.430. The van der Waals surface area contributed by atoms with Crippen molar-refractivity contribution in [3.8, 4) is 5.75 Å². The van der Waals surface area contributed by atoms with E-state index in [0.29, 0.717) is 10.8 Å². The van der Waals surface area contributed by atoms with E-state index < -0.39 is 5.82 Å². The number of benzene rings is 1. The van der Waals surface area contributed by atoms with Crippen LogP contribution in [0.5, 0.6) is 5.75 Å². The Bertz CT molecular complexity index is 341. The number of hydrogen-bond donors (Lipinski definition) is 0. The van der Waals surface area contributed by atoms with E-state index in [9.17, 15) is 9.18 Å². The summed E-state index contributed by atoms with van der Waals surface area (Å²) in [6.45, 7) is -0.0587. The van der Waals surface area contributed by atoms with E-state index >= 15 is 0 Å². The minimum absolute atomic E-state index is 0.00264. The maximum Gasteiger partial charge on any atom is 0.188 e. The van der Waals surface area contributed by atoms with E-state index in [2.05, 4.69) is 20.7 Å². The summed E-state index contributed by atoms with van der Waals surface area (Å²) in [5, 5.41) is 0. The van der Waals surface area contributed by atoms with Crippen LogP contribution in [-0.2, 0) is 4.74 Å². The van der Waals surface area contributed by atoms with Gasteiger partial charge < -0.3 is 9.47 Å². The van der Waals surface area contributed by atoms with Crippen molar-refractivity contribution >= 4 is 22.2 Å². The predicted molar refractivity (Wildman–Crippen MR) is 52.0 cm³/mol. The van der Waals surface area contributed by atoms with Gasteiger partial charge in [-0.3, -0.25) is 4.79 Å². The maximum atomic E-state index is 13.4. The molecule has 1 rings (SSSR count). The van der Waals surface area contributed by atoms with Gasteiger partial charge in [0.1, 0.15) is 0 Å². The average molecular weight is 263 g/mol. The molecule has 0 aliphatic carbocycles. The lowest BCUT2D eigenvalue weighted by atomic mass is 10.2. The summed E-state index contributed by atoms with van der Waals surface area (Å²) in [7, 11) is 1.43. The molecule has 14 heavy (non-hydrogen) atoms. The largest absolute Gasteiger partial charge is 0.464 e. The van der Waals surface area contributed by atoms with Crippen molar-refractivity contribution in [2.45, 2.75) is 0 Å². The molecule has 0 fully saturated rings. The van der Waals surface area contributed by atoms with Gasteiger partial charge in [-0.05, 0) is 28.1 Å². The zero-order valence-electron chi connectivity index (χ0n) is 7.42. The lowest BCUT2D eigenvalue weighted by molar-refractivity contribution is 0.0481. The van der Waals surface area contributed by atoms with Crippen molar-refractivity contribution in [2.75, 3.05) is 13.9 Å². The highest BCUT2D eigenvalue weighted by Crippen LogP contribution is 2.26. The van der Waals surface area contributed by atoms with Gasteiger partial charge in [-0.25, -0.2) is 4.39 Å². The van der Waals surface area contributed by atoms with Crippen molar-refractivity contribution in [1.82, 2.24) is 0 Å². The van der Waals surface area contributed by atoms with Gasteiger partial charge in [0.15, 0.2) is 24.6 Å². The number of halogens is 2. The van der Waals surface area contributed by atoms with Crippen LogP contribution in [0, 0.1) is 5.82 Å². The molecule has 3 nitrogen and oxygen atoms in total. The molecule has 0 saturated carbocycles. The lowest BCUT2D eigenvalue weighted by Crippen LogP contribution is -2.02. The fourth-order valence-electron chi connectivity index (χ4n) is 0.891. The number of carbonyl (C=O) groups is 1. The van der Waals surface area contributed by atoms with E-state index in [-0.39, 0.29) is 18.1 Å². The van der Waals surface area contributed by atoms with Gasteiger partial charge in [0.25, 0.3) is 0 Å². The number of aldehydes is 1. The van der Waals surface area contributed by atoms with Gasteiger partial charge in [0.2, 0.25) is 0 Å². The quantitative estimate of drug-likeness (QED) is 0.618. The third-order valence-corrected chi connectivity index (χ3v) is 2.23. The predicted octanol–water partition coefficient (Wildman–Crippen LogP) is 2.38. The Balaban J connectivity index is 3.02. The molecule has 0 heterocycles. The van der Waals surface area contributed by atoms with E-state index in [1.807, 2.05) is 0 Å². The molecule has 5 heteroatoms. The second kappa shape index (κ2) is 5.07. The van der Waals surface area contributed by atoms with E-state index in [0.717, 1.165) is 0 Å². The molecule has 0 bridgehead atoms. The van der Waals surface area contributed by atoms with Crippen LogP contribution < -0.4 is 4.74 Å². The molecule has 0 atom stereocenters. The van der Waals surface area contributed by atoms with Crippen molar-refractivity contribution in [3.63, 3.8) is 0 Å². The summed E-state index contributed by atoms with van der Waals surface area (Å²) in [6, 6.07) is 2.96. The summed E-state index contributed by atoms with van der Waals surface area (Å²) in [5.41, 5.74) is -0.0568. The molecule has 0 radical (unpaired) electrons. The zero-order valence-corrected chi connectivity index (χ0v) is 9.01. The zero-order chi connectivity index (χ0) is 10.6. The Kier molecular flexibility index (Phi) is 4.03. The second-order valence-corrected chi connectivity index (χ2v) is 3.30. The minimum Gasteiger partial charge on any atom is -0.464 e. The van der Waals surface area contributed by atoms with Crippen LogP contribution in [0.1, 0.15) is 10.4 Å². The SMILES string of the molecule is COCOc1ccc(Br)c(C=O)c1F. The molecule has 0 unspecified atom stereocenters. The summed E-state index contributed by atoms with van der Waals surface area (Å²) in [4.78, 5) is 10.5. The molecule has 0 N–H and O–H groups in total. The van der Waals surface area contributed by atoms with E-state index in [1.54, 1.807) is 0 Å². The summed E-state index contributed by atoms with van der Waals surface area (Å²) in [5.74, 6) is -0.691. The first kappa shape index (κ1) is 11.1. The van der Waals surface area contributed by atoms with Crippen LogP contribution in [0.4, 0.5) is 4.39 Å². The van der Waals surface area contributed by atoms with Crippen molar-refractivity contribution in [1.29, 1.82) is 0 Å². The number of carbonyl (C=O) groups excluding carboxylic acids is 1. The topological polar surface area (TPSA) is 35.5 Å². The lowest BCUT2D eigenvalue weighted by Gasteiger charge is -2.07. The van der Waals surface area contributed by atoms with E-state index in [1.165, 1.54) is 19.2 Å². The Labute approximate surface area is 88.9 Å². The molecule has 0 saturated heterocycles. The molecule has 0 spiro atoms. The Morgan fingerprint density at radius 3 is 2.86 bits per heavy atom. The molecular weight excluding hydrogens is 255 g/mol. The first-order chi connectivity index (χ1) is 6.70. The van der Waals surface area contributed by atoms with Crippen LogP contribution in [0.2, 0.25) is 0 Å². The van der Waals surface area contributed by atoms with Crippen LogP contribution in [0.15, 0.2) is 16.6 Å². The highest BCUT2D eigenvalue weighted by Gasteiger charge is 2.12. The molecule has 76 valence electrons. The standard InChI is InChI=1S/C9H8BrFO3/c1-13-5-14-8-3-2-7(10)6(4-12)9(8)11/h2-4H,5H2,1H3. The van der Waals surface area contributed by atoms with E-state index in [4.69, 9.17) is 4.74 Å². The Morgan fingerprint density at radius 1 is 1.57 bits per heavy atom. The van der Waals surface area contributed by atoms with Gasteiger partial charge in [-0.15, -0.1) is 0 Å². The van der Waals surface area contributed by atoms with Gasteiger partial charge in [-0.1, -0.05) is 0 Å². The fraction of sp³-hybridized carbons (Fsp3) is 0.222. The smallest absolute Gasteiger partial charge is 0.188 e. The average Bonchev–Trinajstić information content (AvgIpc) is 2.18. The third kappa shape index (κ3) is 2.30. The highest BCUT2D eigenvalue weighted by atomic mass is 79.9. The van der Waals surface area contributed by atoms with Crippen LogP contribution in [-0.4, -0.2) is 20.2 Å². The first-order valence-electron chi connectivity index (χ1n) is 3.75.